The fraction of sp³-hybridized carbons (Fsp3) is 0.105. The fourth-order valence-electron chi connectivity index (χ4n) is 2.28. The molecule has 0 aliphatic heterocycles. The number of aromatic nitrogens is 2. The second-order valence-corrected chi connectivity index (χ2v) is 5.30. The van der Waals surface area contributed by atoms with E-state index in [0.717, 1.165) is 0 Å². The van der Waals surface area contributed by atoms with Gasteiger partial charge in [-0.15, -0.1) is 0 Å². The first-order chi connectivity index (χ1) is 12.2. The molecular formula is C19H18N4O2. The SMILES string of the molecule is COC(=O)c1cccc(Nc2nccc(NCc3ccccc3)n2)c1. The van der Waals surface area contributed by atoms with Gasteiger partial charge in [-0.25, -0.2) is 9.78 Å². The molecular weight excluding hydrogens is 316 g/mol. The molecule has 2 aromatic carbocycles. The minimum absolute atomic E-state index is 0.386. The largest absolute Gasteiger partial charge is 0.465 e. The quantitative estimate of drug-likeness (QED) is 0.671. The molecule has 6 nitrogen and oxygen atoms in total. The maximum atomic E-state index is 11.6. The number of nitrogens with one attached hydrogen (secondary N) is 2. The van der Waals surface area contributed by atoms with Crippen molar-refractivity contribution in [1.82, 2.24) is 9.97 Å². The van der Waals surface area contributed by atoms with Crippen LogP contribution in [-0.4, -0.2) is 23.0 Å². The second-order valence-electron chi connectivity index (χ2n) is 5.30. The first-order valence-corrected chi connectivity index (χ1v) is 7.81. The summed E-state index contributed by atoms with van der Waals surface area (Å²) in [5.74, 6) is 0.772. The summed E-state index contributed by atoms with van der Waals surface area (Å²) in [5, 5.41) is 6.35. The number of hydrogen-bond acceptors (Lipinski definition) is 6. The van der Waals surface area contributed by atoms with Crippen LogP contribution in [0.25, 0.3) is 0 Å². The van der Waals surface area contributed by atoms with Crippen LogP contribution in [-0.2, 0) is 11.3 Å². The Kier molecular flexibility index (Phi) is 5.21. The van der Waals surface area contributed by atoms with E-state index in [0.29, 0.717) is 29.6 Å². The van der Waals surface area contributed by atoms with E-state index in [9.17, 15) is 4.79 Å². The summed E-state index contributed by atoms with van der Waals surface area (Å²) < 4.78 is 4.73. The molecule has 0 amide bonds. The third-order valence-corrected chi connectivity index (χ3v) is 3.51. The Balaban J connectivity index is 1.68. The zero-order chi connectivity index (χ0) is 17.5. The van der Waals surface area contributed by atoms with Crippen molar-refractivity contribution in [3.63, 3.8) is 0 Å². The van der Waals surface area contributed by atoms with Crippen molar-refractivity contribution in [2.24, 2.45) is 0 Å². The van der Waals surface area contributed by atoms with Crippen LogP contribution in [0.2, 0.25) is 0 Å². The smallest absolute Gasteiger partial charge is 0.337 e. The molecule has 1 heterocycles. The van der Waals surface area contributed by atoms with Gasteiger partial charge in [-0.1, -0.05) is 36.4 Å². The topological polar surface area (TPSA) is 76.1 Å². The lowest BCUT2D eigenvalue weighted by atomic mass is 10.2. The van der Waals surface area contributed by atoms with Gasteiger partial charge >= 0.3 is 5.97 Å². The number of ether oxygens (including phenoxy) is 1. The van der Waals surface area contributed by atoms with Gasteiger partial charge in [-0.05, 0) is 29.8 Å². The van der Waals surface area contributed by atoms with Crippen LogP contribution in [0.15, 0.2) is 66.9 Å². The van der Waals surface area contributed by atoms with Gasteiger partial charge in [0, 0.05) is 18.4 Å². The average molecular weight is 334 g/mol. The van der Waals surface area contributed by atoms with E-state index >= 15 is 0 Å². The van der Waals surface area contributed by atoms with Crippen molar-refractivity contribution in [2.45, 2.75) is 6.54 Å². The molecule has 0 unspecified atom stereocenters. The number of hydrogen-bond donors (Lipinski definition) is 2. The second kappa shape index (κ2) is 7.92. The predicted octanol–water partition coefficient (Wildman–Crippen LogP) is 3.62. The summed E-state index contributed by atoms with van der Waals surface area (Å²) in [4.78, 5) is 20.2. The van der Waals surface area contributed by atoms with Crippen LogP contribution >= 0.6 is 0 Å². The van der Waals surface area contributed by atoms with Crippen LogP contribution in [0.4, 0.5) is 17.5 Å². The van der Waals surface area contributed by atoms with Crippen LogP contribution < -0.4 is 10.6 Å². The van der Waals surface area contributed by atoms with Gasteiger partial charge in [0.2, 0.25) is 5.95 Å². The Bertz CT molecular complexity index is 853. The maximum absolute atomic E-state index is 11.6. The summed E-state index contributed by atoms with van der Waals surface area (Å²) in [6.45, 7) is 0.676. The summed E-state index contributed by atoms with van der Waals surface area (Å²) in [6.07, 6.45) is 1.67. The third kappa shape index (κ3) is 4.54. The van der Waals surface area contributed by atoms with E-state index in [1.165, 1.54) is 12.7 Å². The zero-order valence-corrected chi connectivity index (χ0v) is 13.8. The minimum atomic E-state index is -0.386. The maximum Gasteiger partial charge on any atom is 0.337 e. The van der Waals surface area contributed by atoms with Crippen molar-refractivity contribution < 1.29 is 9.53 Å². The summed E-state index contributed by atoms with van der Waals surface area (Å²) >= 11 is 0. The molecule has 0 atom stereocenters. The number of rotatable bonds is 6. The number of anilines is 3. The molecule has 3 aromatic rings. The number of carbonyl (C=O) groups is 1. The fourth-order valence-corrected chi connectivity index (χ4v) is 2.28. The molecule has 1 aromatic heterocycles. The number of nitrogens with zero attached hydrogens (tertiary/aromatic N) is 2. The normalized spacial score (nSPS) is 10.1. The van der Waals surface area contributed by atoms with E-state index in [4.69, 9.17) is 4.74 Å². The van der Waals surface area contributed by atoms with Gasteiger partial charge in [0.1, 0.15) is 5.82 Å². The summed E-state index contributed by atoms with van der Waals surface area (Å²) in [5.41, 5.74) is 2.34. The van der Waals surface area contributed by atoms with Gasteiger partial charge < -0.3 is 15.4 Å². The van der Waals surface area contributed by atoms with Crippen molar-refractivity contribution in [1.29, 1.82) is 0 Å². The number of carbonyl (C=O) groups excluding carboxylic acids is 1. The van der Waals surface area contributed by atoms with E-state index in [1.807, 2.05) is 36.4 Å². The molecule has 0 saturated carbocycles. The number of methoxy groups -OCH3 is 1. The Morgan fingerprint density at radius 3 is 2.72 bits per heavy atom. The molecule has 6 heteroatoms. The molecule has 3 rings (SSSR count). The Morgan fingerprint density at radius 2 is 1.92 bits per heavy atom. The van der Waals surface area contributed by atoms with Crippen molar-refractivity contribution >= 4 is 23.4 Å². The molecule has 0 fully saturated rings. The van der Waals surface area contributed by atoms with Crippen molar-refractivity contribution in [2.75, 3.05) is 17.7 Å². The lowest BCUT2D eigenvalue weighted by Gasteiger charge is -2.09. The van der Waals surface area contributed by atoms with Crippen LogP contribution in [0.3, 0.4) is 0 Å². The van der Waals surface area contributed by atoms with E-state index in [2.05, 4.69) is 20.6 Å². The highest BCUT2D eigenvalue weighted by molar-refractivity contribution is 5.90. The first-order valence-electron chi connectivity index (χ1n) is 7.81. The molecule has 126 valence electrons. The number of esters is 1. The minimum Gasteiger partial charge on any atom is -0.465 e. The third-order valence-electron chi connectivity index (χ3n) is 3.51. The molecule has 0 spiro atoms. The summed E-state index contributed by atoms with van der Waals surface area (Å²) in [6, 6.07) is 18.9. The molecule has 25 heavy (non-hydrogen) atoms. The zero-order valence-electron chi connectivity index (χ0n) is 13.8. The van der Waals surface area contributed by atoms with Crippen LogP contribution in [0.1, 0.15) is 15.9 Å². The van der Waals surface area contributed by atoms with Gasteiger partial charge in [0.05, 0.1) is 12.7 Å². The number of benzene rings is 2. The van der Waals surface area contributed by atoms with E-state index in [-0.39, 0.29) is 5.97 Å². The Labute approximate surface area is 145 Å². The Morgan fingerprint density at radius 1 is 1.08 bits per heavy atom. The lowest BCUT2D eigenvalue weighted by molar-refractivity contribution is 0.0601. The molecule has 0 aliphatic carbocycles. The monoisotopic (exact) mass is 334 g/mol. The highest BCUT2D eigenvalue weighted by Gasteiger charge is 2.06. The van der Waals surface area contributed by atoms with E-state index < -0.39 is 0 Å². The summed E-state index contributed by atoms with van der Waals surface area (Å²) in [7, 11) is 1.35. The standard InChI is InChI=1S/C19H18N4O2/c1-25-18(24)15-8-5-9-16(12-15)22-19-20-11-10-17(23-19)21-13-14-6-3-2-4-7-14/h2-12H,13H2,1H3,(H2,20,21,22,23). The lowest BCUT2D eigenvalue weighted by Crippen LogP contribution is -2.05. The van der Waals surface area contributed by atoms with Crippen molar-refractivity contribution in [3.8, 4) is 0 Å². The molecule has 0 bridgehead atoms. The first kappa shape index (κ1) is 16.4. The molecule has 0 saturated heterocycles. The van der Waals surface area contributed by atoms with Gasteiger partial charge in [0.15, 0.2) is 0 Å². The van der Waals surface area contributed by atoms with Crippen LogP contribution in [0.5, 0.6) is 0 Å². The highest BCUT2D eigenvalue weighted by atomic mass is 16.5. The highest BCUT2D eigenvalue weighted by Crippen LogP contribution is 2.16. The molecule has 0 radical (unpaired) electrons. The molecule has 2 N–H and O–H groups in total. The average Bonchev–Trinajstić information content (AvgIpc) is 2.67. The van der Waals surface area contributed by atoms with E-state index in [1.54, 1.807) is 30.5 Å². The predicted molar refractivity (Wildman–Crippen MR) is 96.9 cm³/mol. The molecule has 0 aliphatic rings. The Hall–Kier alpha value is -3.41. The van der Waals surface area contributed by atoms with Crippen molar-refractivity contribution in [3.05, 3.63) is 78.0 Å². The van der Waals surface area contributed by atoms with Gasteiger partial charge in [-0.2, -0.15) is 4.98 Å². The van der Waals surface area contributed by atoms with Gasteiger partial charge in [-0.3, -0.25) is 0 Å². The van der Waals surface area contributed by atoms with Crippen LogP contribution in [0, 0.1) is 0 Å². The van der Waals surface area contributed by atoms with Gasteiger partial charge in [0.25, 0.3) is 0 Å².